The molecule has 114 valence electrons. The van der Waals surface area contributed by atoms with E-state index in [0.29, 0.717) is 17.1 Å². The molecular formula is C15H19ClN2O3. The summed E-state index contributed by atoms with van der Waals surface area (Å²) in [6.45, 7) is 2.87. The number of rotatable bonds is 5. The molecule has 1 aromatic carbocycles. The van der Waals surface area contributed by atoms with E-state index in [1.54, 1.807) is 31.2 Å². The second-order valence-electron chi connectivity index (χ2n) is 5.06. The summed E-state index contributed by atoms with van der Waals surface area (Å²) in [7, 11) is 0. The lowest BCUT2D eigenvalue weighted by molar-refractivity contribution is -0.123. The summed E-state index contributed by atoms with van der Waals surface area (Å²) >= 11 is 5.95. The van der Waals surface area contributed by atoms with Crippen LogP contribution in [-0.4, -0.2) is 37.1 Å². The molecule has 0 radical (unpaired) electrons. The van der Waals surface area contributed by atoms with Crippen LogP contribution >= 0.6 is 11.6 Å². The van der Waals surface area contributed by atoms with Crippen LogP contribution in [0.25, 0.3) is 0 Å². The van der Waals surface area contributed by atoms with Crippen LogP contribution in [0.3, 0.4) is 0 Å². The summed E-state index contributed by atoms with van der Waals surface area (Å²) in [6.07, 6.45) is 2.07. The number of carbonyl (C=O) groups excluding carboxylic acids is 2. The predicted molar refractivity (Wildman–Crippen MR) is 80.4 cm³/mol. The molecule has 1 heterocycles. The summed E-state index contributed by atoms with van der Waals surface area (Å²) in [5, 5.41) is 5.78. The van der Waals surface area contributed by atoms with E-state index in [1.807, 2.05) is 0 Å². The third kappa shape index (κ3) is 4.44. The Morgan fingerprint density at radius 1 is 1.43 bits per heavy atom. The number of amides is 2. The predicted octanol–water partition coefficient (Wildman–Crippen LogP) is 1.75. The van der Waals surface area contributed by atoms with E-state index in [2.05, 4.69) is 10.6 Å². The molecule has 1 saturated heterocycles. The fourth-order valence-corrected chi connectivity index (χ4v) is 2.38. The Hall–Kier alpha value is -1.59. The molecule has 1 fully saturated rings. The maximum atomic E-state index is 12.0. The van der Waals surface area contributed by atoms with Gasteiger partial charge in [0.1, 0.15) is 6.04 Å². The van der Waals surface area contributed by atoms with E-state index < -0.39 is 6.04 Å². The molecule has 0 unspecified atom stereocenters. The first-order valence-electron chi connectivity index (χ1n) is 7.02. The Balaban J connectivity index is 1.82. The summed E-state index contributed by atoms with van der Waals surface area (Å²) < 4.78 is 5.43. The van der Waals surface area contributed by atoms with Crippen LogP contribution in [0.5, 0.6) is 0 Å². The van der Waals surface area contributed by atoms with Crippen LogP contribution in [0.15, 0.2) is 24.3 Å². The number of benzene rings is 1. The summed E-state index contributed by atoms with van der Waals surface area (Å²) in [5.74, 6) is -0.591. The van der Waals surface area contributed by atoms with Crippen molar-refractivity contribution in [1.82, 2.24) is 10.6 Å². The molecule has 2 amide bonds. The zero-order valence-corrected chi connectivity index (χ0v) is 12.7. The van der Waals surface area contributed by atoms with Crippen LogP contribution < -0.4 is 10.6 Å². The van der Waals surface area contributed by atoms with Crippen LogP contribution in [0.4, 0.5) is 0 Å². The van der Waals surface area contributed by atoms with Crippen molar-refractivity contribution < 1.29 is 14.3 Å². The van der Waals surface area contributed by atoms with E-state index >= 15 is 0 Å². The summed E-state index contributed by atoms with van der Waals surface area (Å²) in [5.41, 5.74) is 0.359. The van der Waals surface area contributed by atoms with Crippen molar-refractivity contribution in [2.45, 2.75) is 31.9 Å². The van der Waals surface area contributed by atoms with Gasteiger partial charge in [0.2, 0.25) is 5.91 Å². The Morgan fingerprint density at radius 3 is 2.86 bits per heavy atom. The molecule has 1 aliphatic heterocycles. The topological polar surface area (TPSA) is 67.4 Å². The minimum absolute atomic E-state index is 0.0837. The second kappa shape index (κ2) is 7.43. The molecule has 0 aromatic heterocycles. The smallest absolute Gasteiger partial charge is 0.253 e. The normalized spacial score (nSPS) is 19.0. The van der Waals surface area contributed by atoms with Gasteiger partial charge in [-0.25, -0.2) is 0 Å². The van der Waals surface area contributed by atoms with Gasteiger partial charge in [-0.2, -0.15) is 0 Å². The van der Waals surface area contributed by atoms with Crippen molar-refractivity contribution in [3.63, 3.8) is 0 Å². The molecule has 2 atom stereocenters. The highest BCUT2D eigenvalue weighted by atomic mass is 35.5. The fraction of sp³-hybridized carbons (Fsp3) is 0.467. The van der Waals surface area contributed by atoms with Crippen molar-refractivity contribution in [3.05, 3.63) is 34.9 Å². The average Bonchev–Trinajstić information content (AvgIpc) is 2.98. The molecule has 5 nitrogen and oxygen atoms in total. The van der Waals surface area contributed by atoms with Gasteiger partial charge in [0, 0.05) is 13.2 Å². The number of hydrogen-bond donors (Lipinski definition) is 2. The number of hydrogen-bond acceptors (Lipinski definition) is 3. The first kappa shape index (κ1) is 15.8. The first-order chi connectivity index (χ1) is 10.1. The molecule has 21 heavy (non-hydrogen) atoms. The van der Waals surface area contributed by atoms with Crippen molar-refractivity contribution in [2.24, 2.45) is 0 Å². The number of nitrogens with one attached hydrogen (secondary N) is 2. The molecule has 0 spiro atoms. The number of carbonyl (C=O) groups is 2. The monoisotopic (exact) mass is 310 g/mol. The summed E-state index contributed by atoms with van der Waals surface area (Å²) in [4.78, 5) is 24.0. The van der Waals surface area contributed by atoms with Gasteiger partial charge in [0.25, 0.3) is 5.91 Å². The van der Waals surface area contributed by atoms with E-state index in [4.69, 9.17) is 16.3 Å². The van der Waals surface area contributed by atoms with Crippen molar-refractivity contribution in [1.29, 1.82) is 0 Å². The molecule has 0 saturated carbocycles. The standard InChI is InChI=1S/C15H19ClN2O3/c1-10(14(19)17-9-11-5-4-8-21-11)18-15(20)12-6-2-3-7-13(12)16/h2-3,6-7,10-11H,4-5,8-9H2,1H3,(H,17,19)(H,18,20)/t10-,11-/m0/s1. The number of ether oxygens (including phenoxy) is 1. The average molecular weight is 311 g/mol. The van der Waals surface area contributed by atoms with Gasteiger partial charge < -0.3 is 15.4 Å². The Labute approximate surface area is 129 Å². The van der Waals surface area contributed by atoms with Gasteiger partial charge in [-0.1, -0.05) is 23.7 Å². The second-order valence-corrected chi connectivity index (χ2v) is 5.46. The van der Waals surface area contributed by atoms with Gasteiger partial charge in [-0.05, 0) is 31.9 Å². The summed E-state index contributed by atoms with van der Waals surface area (Å²) in [6, 6.07) is 6.10. The van der Waals surface area contributed by atoms with Crippen LogP contribution in [0.1, 0.15) is 30.1 Å². The van der Waals surface area contributed by atoms with Gasteiger partial charge >= 0.3 is 0 Å². The maximum absolute atomic E-state index is 12.0. The third-order valence-corrected chi connectivity index (χ3v) is 3.72. The fourth-order valence-electron chi connectivity index (χ4n) is 2.16. The number of halogens is 1. The molecule has 2 N–H and O–H groups in total. The quantitative estimate of drug-likeness (QED) is 0.870. The van der Waals surface area contributed by atoms with E-state index in [1.165, 1.54) is 0 Å². The minimum Gasteiger partial charge on any atom is -0.376 e. The van der Waals surface area contributed by atoms with Gasteiger partial charge in [-0.3, -0.25) is 9.59 Å². The molecule has 2 rings (SSSR count). The molecular weight excluding hydrogens is 292 g/mol. The van der Waals surface area contributed by atoms with E-state index in [9.17, 15) is 9.59 Å². The lowest BCUT2D eigenvalue weighted by atomic mass is 10.2. The minimum atomic E-state index is -0.629. The van der Waals surface area contributed by atoms with E-state index in [-0.39, 0.29) is 17.9 Å². The highest BCUT2D eigenvalue weighted by Crippen LogP contribution is 2.14. The first-order valence-corrected chi connectivity index (χ1v) is 7.40. The highest BCUT2D eigenvalue weighted by Gasteiger charge is 2.20. The molecule has 0 aliphatic carbocycles. The molecule has 0 bridgehead atoms. The highest BCUT2D eigenvalue weighted by molar-refractivity contribution is 6.33. The molecule has 6 heteroatoms. The zero-order valence-electron chi connectivity index (χ0n) is 11.9. The zero-order chi connectivity index (χ0) is 15.2. The molecule has 1 aliphatic rings. The van der Waals surface area contributed by atoms with Gasteiger partial charge in [-0.15, -0.1) is 0 Å². The van der Waals surface area contributed by atoms with E-state index in [0.717, 1.165) is 19.4 Å². The third-order valence-electron chi connectivity index (χ3n) is 3.39. The maximum Gasteiger partial charge on any atom is 0.253 e. The SMILES string of the molecule is C[C@H](NC(=O)c1ccccc1Cl)C(=O)NC[C@@H]1CCCO1. The van der Waals surface area contributed by atoms with Crippen LogP contribution in [0, 0.1) is 0 Å². The van der Waals surface area contributed by atoms with Crippen LogP contribution in [0.2, 0.25) is 5.02 Å². The Kier molecular flexibility index (Phi) is 5.59. The van der Waals surface area contributed by atoms with Crippen molar-refractivity contribution in [3.8, 4) is 0 Å². The molecule has 1 aromatic rings. The Bertz CT molecular complexity index is 515. The lowest BCUT2D eigenvalue weighted by Gasteiger charge is -2.16. The van der Waals surface area contributed by atoms with Crippen molar-refractivity contribution in [2.75, 3.05) is 13.2 Å². The van der Waals surface area contributed by atoms with Crippen molar-refractivity contribution >= 4 is 23.4 Å². The van der Waals surface area contributed by atoms with Gasteiger partial charge in [0.05, 0.1) is 16.7 Å². The Morgan fingerprint density at radius 2 is 2.19 bits per heavy atom. The lowest BCUT2D eigenvalue weighted by Crippen LogP contribution is -2.46. The van der Waals surface area contributed by atoms with Crippen LogP contribution in [-0.2, 0) is 9.53 Å². The largest absolute Gasteiger partial charge is 0.376 e. The van der Waals surface area contributed by atoms with Gasteiger partial charge in [0.15, 0.2) is 0 Å².